The molecule has 0 fully saturated rings. The molecular formula is C17H21N3O2S. The summed E-state index contributed by atoms with van der Waals surface area (Å²) in [5.74, 6) is 1.37. The quantitative estimate of drug-likeness (QED) is 0.788. The van der Waals surface area contributed by atoms with Gasteiger partial charge >= 0.3 is 0 Å². The number of nitriles is 1. The lowest BCUT2D eigenvalue weighted by atomic mass is 10.2. The molecule has 0 amide bonds. The summed E-state index contributed by atoms with van der Waals surface area (Å²) in [5, 5.41) is 23.0. The van der Waals surface area contributed by atoms with Crippen molar-refractivity contribution in [1.82, 2.24) is 9.78 Å². The molecule has 23 heavy (non-hydrogen) atoms. The van der Waals surface area contributed by atoms with Gasteiger partial charge in [-0.2, -0.15) is 10.4 Å². The van der Waals surface area contributed by atoms with Gasteiger partial charge in [0.25, 0.3) is 0 Å². The number of aliphatic hydroxyl groups excluding tert-OH is 1. The van der Waals surface area contributed by atoms with Gasteiger partial charge in [-0.25, -0.2) is 0 Å². The summed E-state index contributed by atoms with van der Waals surface area (Å²) in [6.07, 6.45) is 3.45. The summed E-state index contributed by atoms with van der Waals surface area (Å²) in [7, 11) is 0. The van der Waals surface area contributed by atoms with Crippen molar-refractivity contribution in [1.29, 1.82) is 5.26 Å². The Balaban J connectivity index is 2.41. The molecule has 0 saturated carbocycles. The number of aryl methyl sites for hydroxylation is 1. The van der Waals surface area contributed by atoms with Crippen LogP contribution in [0.25, 0.3) is 0 Å². The van der Waals surface area contributed by atoms with E-state index in [0.29, 0.717) is 17.9 Å². The molecule has 1 heterocycles. The van der Waals surface area contributed by atoms with Crippen LogP contribution < -0.4 is 4.74 Å². The van der Waals surface area contributed by atoms with Crippen molar-refractivity contribution in [3.8, 4) is 17.6 Å². The van der Waals surface area contributed by atoms with Crippen LogP contribution in [-0.2, 0) is 19.4 Å². The molecule has 0 spiro atoms. The lowest BCUT2D eigenvalue weighted by molar-refractivity contribution is 0.267. The van der Waals surface area contributed by atoms with Crippen molar-refractivity contribution >= 4 is 11.8 Å². The fourth-order valence-corrected chi connectivity index (χ4v) is 2.99. The second-order valence-corrected chi connectivity index (χ2v) is 5.80. The fourth-order valence-electron chi connectivity index (χ4n) is 2.46. The third kappa shape index (κ3) is 3.69. The Morgan fingerprint density at radius 3 is 2.70 bits per heavy atom. The average molecular weight is 331 g/mol. The monoisotopic (exact) mass is 331 g/mol. The van der Waals surface area contributed by atoms with Gasteiger partial charge in [-0.15, -0.1) is 11.8 Å². The van der Waals surface area contributed by atoms with Crippen molar-refractivity contribution < 1.29 is 9.84 Å². The molecular weight excluding hydrogens is 310 g/mol. The molecule has 0 saturated heterocycles. The minimum atomic E-state index is 0.0400. The molecule has 5 nitrogen and oxygen atoms in total. The van der Waals surface area contributed by atoms with Gasteiger partial charge in [-0.05, 0) is 37.3 Å². The van der Waals surface area contributed by atoms with Crippen LogP contribution in [0.2, 0.25) is 0 Å². The van der Waals surface area contributed by atoms with Crippen molar-refractivity contribution in [3.05, 3.63) is 35.2 Å². The Morgan fingerprint density at radius 1 is 1.35 bits per heavy atom. The zero-order valence-electron chi connectivity index (χ0n) is 13.7. The largest absolute Gasteiger partial charge is 0.453 e. The first kappa shape index (κ1) is 17.4. The van der Waals surface area contributed by atoms with Crippen LogP contribution in [0.3, 0.4) is 0 Å². The molecule has 2 rings (SSSR count). The lowest BCUT2D eigenvalue weighted by Gasteiger charge is -2.10. The highest BCUT2D eigenvalue weighted by Gasteiger charge is 2.18. The Bertz CT molecular complexity index is 719. The van der Waals surface area contributed by atoms with Gasteiger partial charge in [0.2, 0.25) is 0 Å². The van der Waals surface area contributed by atoms with Gasteiger partial charge in [0, 0.05) is 4.90 Å². The van der Waals surface area contributed by atoms with Crippen LogP contribution in [0.1, 0.15) is 30.8 Å². The van der Waals surface area contributed by atoms with E-state index in [1.807, 2.05) is 32.2 Å². The number of aromatic nitrogens is 2. The Hall–Kier alpha value is -1.97. The van der Waals surface area contributed by atoms with Gasteiger partial charge in [0.15, 0.2) is 5.75 Å². The van der Waals surface area contributed by atoms with Gasteiger partial charge in [-0.1, -0.05) is 13.8 Å². The normalized spacial score (nSPS) is 10.6. The summed E-state index contributed by atoms with van der Waals surface area (Å²) >= 11 is 1.54. The van der Waals surface area contributed by atoms with E-state index in [9.17, 15) is 10.4 Å². The molecule has 2 aromatic rings. The molecule has 0 radical (unpaired) electrons. The van der Waals surface area contributed by atoms with Crippen LogP contribution in [0.15, 0.2) is 23.1 Å². The topological polar surface area (TPSA) is 71.1 Å². The molecule has 1 aromatic carbocycles. The zero-order chi connectivity index (χ0) is 16.8. The molecule has 1 aromatic heterocycles. The maximum absolute atomic E-state index is 9.25. The summed E-state index contributed by atoms with van der Waals surface area (Å²) in [5.41, 5.74) is 2.43. The van der Waals surface area contributed by atoms with Gasteiger partial charge < -0.3 is 9.84 Å². The third-order valence-electron chi connectivity index (χ3n) is 3.57. The number of nitrogens with zero attached hydrogens (tertiary/aromatic N) is 3. The smallest absolute Gasteiger partial charge is 0.171 e. The van der Waals surface area contributed by atoms with Gasteiger partial charge in [-0.3, -0.25) is 4.68 Å². The van der Waals surface area contributed by atoms with E-state index < -0.39 is 0 Å². The highest BCUT2D eigenvalue weighted by Crippen LogP contribution is 2.32. The maximum atomic E-state index is 9.25. The van der Waals surface area contributed by atoms with E-state index >= 15 is 0 Å². The Labute approximate surface area is 140 Å². The van der Waals surface area contributed by atoms with Crippen LogP contribution >= 0.6 is 11.8 Å². The van der Waals surface area contributed by atoms with Crippen LogP contribution in [0.5, 0.6) is 11.5 Å². The standard InChI is InChI=1S/C17H21N3O2S/c1-4-14-17(15(5-2)20(19-14)8-9-21)22-13-6-7-16(23-3)12(10-13)11-18/h6-7,10,21H,4-5,8-9H2,1-3H3. The number of hydrogen-bond acceptors (Lipinski definition) is 5. The summed E-state index contributed by atoms with van der Waals surface area (Å²) < 4.78 is 7.87. The maximum Gasteiger partial charge on any atom is 0.171 e. The highest BCUT2D eigenvalue weighted by molar-refractivity contribution is 7.98. The average Bonchev–Trinajstić information content (AvgIpc) is 2.91. The molecule has 0 unspecified atom stereocenters. The summed E-state index contributed by atoms with van der Waals surface area (Å²) in [6, 6.07) is 7.73. The van der Waals surface area contributed by atoms with Crippen LogP contribution in [0.4, 0.5) is 0 Å². The first-order valence-electron chi connectivity index (χ1n) is 7.63. The Kier molecular flexibility index (Phi) is 6.08. The molecule has 0 bridgehead atoms. The van der Waals surface area contributed by atoms with E-state index in [2.05, 4.69) is 11.2 Å². The minimum absolute atomic E-state index is 0.0400. The molecule has 122 valence electrons. The molecule has 0 aliphatic rings. The molecule has 6 heteroatoms. The lowest BCUT2D eigenvalue weighted by Crippen LogP contribution is -2.07. The van der Waals surface area contributed by atoms with E-state index in [0.717, 1.165) is 34.9 Å². The second kappa shape index (κ2) is 8.04. The fraction of sp³-hybridized carbons (Fsp3) is 0.412. The van der Waals surface area contributed by atoms with Crippen molar-refractivity contribution in [2.45, 2.75) is 38.1 Å². The summed E-state index contributed by atoms with van der Waals surface area (Å²) in [4.78, 5) is 0.933. The SMILES string of the molecule is CCc1nn(CCO)c(CC)c1Oc1ccc(SC)c(C#N)c1. The first-order chi connectivity index (χ1) is 11.2. The molecule has 1 N–H and O–H groups in total. The third-order valence-corrected chi connectivity index (χ3v) is 4.37. The van der Waals surface area contributed by atoms with E-state index in [1.54, 1.807) is 10.7 Å². The Morgan fingerprint density at radius 2 is 2.13 bits per heavy atom. The van der Waals surface area contributed by atoms with E-state index in [1.165, 1.54) is 11.8 Å². The van der Waals surface area contributed by atoms with Gasteiger partial charge in [0.1, 0.15) is 17.5 Å². The number of ether oxygens (including phenoxy) is 1. The first-order valence-corrected chi connectivity index (χ1v) is 8.86. The van der Waals surface area contributed by atoms with E-state index in [-0.39, 0.29) is 6.61 Å². The van der Waals surface area contributed by atoms with Crippen LogP contribution in [0, 0.1) is 11.3 Å². The van der Waals surface area contributed by atoms with Crippen molar-refractivity contribution in [2.24, 2.45) is 0 Å². The number of benzene rings is 1. The number of hydrogen-bond donors (Lipinski definition) is 1. The predicted octanol–water partition coefficient (Wildman–Crippen LogP) is 3.39. The number of thioether (sulfide) groups is 1. The second-order valence-electron chi connectivity index (χ2n) is 4.95. The molecule has 0 atom stereocenters. The van der Waals surface area contributed by atoms with Gasteiger partial charge in [0.05, 0.1) is 24.4 Å². The van der Waals surface area contributed by atoms with E-state index in [4.69, 9.17) is 4.74 Å². The number of aliphatic hydroxyl groups is 1. The molecule has 0 aliphatic heterocycles. The molecule has 0 aliphatic carbocycles. The predicted molar refractivity (Wildman–Crippen MR) is 91.1 cm³/mol. The number of rotatable bonds is 7. The van der Waals surface area contributed by atoms with Crippen molar-refractivity contribution in [3.63, 3.8) is 0 Å². The minimum Gasteiger partial charge on any atom is -0.453 e. The van der Waals surface area contributed by atoms with Crippen molar-refractivity contribution in [2.75, 3.05) is 12.9 Å². The zero-order valence-corrected chi connectivity index (χ0v) is 14.5. The summed E-state index contributed by atoms with van der Waals surface area (Å²) in [6.45, 7) is 4.55. The highest BCUT2D eigenvalue weighted by atomic mass is 32.2. The van der Waals surface area contributed by atoms with Crippen LogP contribution in [-0.4, -0.2) is 27.7 Å².